The summed E-state index contributed by atoms with van der Waals surface area (Å²) in [5.74, 6) is 1.38. The summed E-state index contributed by atoms with van der Waals surface area (Å²) in [5.41, 5.74) is 1.23. The summed E-state index contributed by atoms with van der Waals surface area (Å²) in [6.07, 6.45) is 2.91. The van der Waals surface area contributed by atoms with E-state index in [4.69, 9.17) is 9.47 Å². The molecule has 1 aliphatic rings. The highest BCUT2D eigenvalue weighted by atomic mass is 16.6. The number of rotatable bonds is 6. The summed E-state index contributed by atoms with van der Waals surface area (Å²) < 4.78 is 11.1. The highest BCUT2D eigenvalue weighted by Gasteiger charge is 2.14. The van der Waals surface area contributed by atoms with E-state index in [1.807, 2.05) is 12.1 Å². The molecule has 2 heterocycles. The zero-order chi connectivity index (χ0) is 16.9. The first kappa shape index (κ1) is 16.4. The molecule has 0 bridgehead atoms. The average molecular weight is 330 g/mol. The standard InChI is InChI=1S/C18H22N2O4/c1-2-3-4-17(21)19-6-5-12-9-13-10-15-16(24-8-7-23-15)11-14(13)20-18(12)22/h9-11H,2-8H2,1H3,(H,19,21)(H,20,22). The molecule has 0 spiro atoms. The molecule has 6 heteroatoms. The molecule has 128 valence electrons. The van der Waals surface area contributed by atoms with Gasteiger partial charge in [0.15, 0.2) is 11.5 Å². The molecule has 0 aliphatic carbocycles. The Labute approximate surface area is 140 Å². The van der Waals surface area contributed by atoms with Crippen molar-refractivity contribution in [3.05, 3.63) is 34.1 Å². The van der Waals surface area contributed by atoms with E-state index < -0.39 is 0 Å². The molecule has 0 atom stereocenters. The van der Waals surface area contributed by atoms with Crippen molar-refractivity contribution < 1.29 is 14.3 Å². The van der Waals surface area contributed by atoms with Gasteiger partial charge in [0.05, 0.1) is 5.52 Å². The normalized spacial score (nSPS) is 13.0. The summed E-state index contributed by atoms with van der Waals surface area (Å²) in [5, 5.41) is 3.75. The number of ether oxygens (including phenoxy) is 2. The zero-order valence-electron chi connectivity index (χ0n) is 13.8. The Balaban J connectivity index is 1.73. The molecular weight excluding hydrogens is 308 g/mol. The van der Waals surface area contributed by atoms with Crippen molar-refractivity contribution in [3.8, 4) is 11.5 Å². The number of H-pyrrole nitrogens is 1. The largest absolute Gasteiger partial charge is 0.486 e. The number of hydrogen-bond donors (Lipinski definition) is 2. The number of aromatic nitrogens is 1. The summed E-state index contributed by atoms with van der Waals surface area (Å²) >= 11 is 0. The van der Waals surface area contributed by atoms with Gasteiger partial charge in [-0.15, -0.1) is 0 Å². The van der Waals surface area contributed by atoms with E-state index in [1.165, 1.54) is 0 Å². The molecule has 1 amide bonds. The number of benzene rings is 1. The SMILES string of the molecule is CCCCC(=O)NCCc1cc2cc3c(cc2[nH]c1=O)OCCO3. The first-order valence-corrected chi connectivity index (χ1v) is 8.39. The summed E-state index contributed by atoms with van der Waals surface area (Å²) in [7, 11) is 0. The second-order valence-corrected chi connectivity index (χ2v) is 5.91. The molecule has 3 rings (SSSR count). The van der Waals surface area contributed by atoms with Crippen LogP contribution in [0.3, 0.4) is 0 Å². The van der Waals surface area contributed by atoms with Gasteiger partial charge in [-0.05, 0) is 25.0 Å². The lowest BCUT2D eigenvalue weighted by molar-refractivity contribution is -0.121. The summed E-state index contributed by atoms with van der Waals surface area (Å²) in [6.45, 7) is 3.55. The van der Waals surface area contributed by atoms with Gasteiger partial charge < -0.3 is 19.8 Å². The van der Waals surface area contributed by atoms with Gasteiger partial charge in [-0.2, -0.15) is 0 Å². The smallest absolute Gasteiger partial charge is 0.251 e. The van der Waals surface area contributed by atoms with Crippen LogP contribution in [0.5, 0.6) is 11.5 Å². The maximum atomic E-state index is 12.2. The van der Waals surface area contributed by atoms with Crippen LogP contribution < -0.4 is 20.3 Å². The third-order valence-electron chi connectivity index (χ3n) is 4.06. The Hall–Kier alpha value is -2.50. The number of unbranched alkanes of at least 4 members (excludes halogenated alkanes) is 1. The lowest BCUT2D eigenvalue weighted by Crippen LogP contribution is -2.27. The van der Waals surface area contributed by atoms with E-state index in [0.29, 0.717) is 49.7 Å². The molecule has 0 radical (unpaired) electrons. The van der Waals surface area contributed by atoms with Crippen molar-refractivity contribution in [2.75, 3.05) is 19.8 Å². The Morgan fingerprint density at radius 2 is 1.96 bits per heavy atom. The Kier molecular flexibility index (Phi) is 5.03. The molecule has 2 aromatic rings. The topological polar surface area (TPSA) is 80.4 Å². The van der Waals surface area contributed by atoms with Gasteiger partial charge in [0.25, 0.3) is 5.56 Å². The van der Waals surface area contributed by atoms with Crippen LogP contribution in [-0.4, -0.2) is 30.6 Å². The number of hydrogen-bond acceptors (Lipinski definition) is 4. The number of carbonyl (C=O) groups is 1. The molecule has 1 aromatic heterocycles. The van der Waals surface area contributed by atoms with E-state index in [0.717, 1.165) is 23.7 Å². The maximum absolute atomic E-state index is 12.2. The number of nitrogens with one attached hydrogen (secondary N) is 2. The van der Waals surface area contributed by atoms with Crippen LogP contribution in [0.15, 0.2) is 23.0 Å². The molecule has 0 saturated heterocycles. The molecule has 24 heavy (non-hydrogen) atoms. The van der Waals surface area contributed by atoms with Gasteiger partial charge >= 0.3 is 0 Å². The van der Waals surface area contributed by atoms with Crippen molar-refractivity contribution in [3.63, 3.8) is 0 Å². The second-order valence-electron chi connectivity index (χ2n) is 5.91. The van der Waals surface area contributed by atoms with Gasteiger partial charge in [-0.3, -0.25) is 9.59 Å². The van der Waals surface area contributed by atoms with Crippen molar-refractivity contribution in [2.45, 2.75) is 32.6 Å². The fourth-order valence-corrected chi connectivity index (χ4v) is 2.74. The molecule has 0 fully saturated rings. The number of pyridine rings is 1. The van der Waals surface area contributed by atoms with E-state index in [-0.39, 0.29) is 11.5 Å². The van der Waals surface area contributed by atoms with Crippen LogP contribution in [0.2, 0.25) is 0 Å². The Morgan fingerprint density at radius 3 is 2.71 bits per heavy atom. The first-order valence-electron chi connectivity index (χ1n) is 8.39. The van der Waals surface area contributed by atoms with Gasteiger partial charge in [0.1, 0.15) is 13.2 Å². The number of carbonyl (C=O) groups excluding carboxylic acids is 1. The number of fused-ring (bicyclic) bond motifs is 2. The molecule has 1 aliphatic heterocycles. The molecular formula is C18H22N2O4. The monoisotopic (exact) mass is 330 g/mol. The lowest BCUT2D eigenvalue weighted by atomic mass is 10.1. The van der Waals surface area contributed by atoms with Gasteiger partial charge in [-0.25, -0.2) is 0 Å². The molecule has 0 saturated carbocycles. The van der Waals surface area contributed by atoms with E-state index in [9.17, 15) is 9.59 Å². The minimum atomic E-state index is -0.137. The second kappa shape index (κ2) is 7.38. The number of amides is 1. The van der Waals surface area contributed by atoms with Gasteiger partial charge in [-0.1, -0.05) is 13.3 Å². The fourth-order valence-electron chi connectivity index (χ4n) is 2.74. The predicted octanol–water partition coefficient (Wildman–Crippen LogP) is 2.15. The van der Waals surface area contributed by atoms with Crippen LogP contribution >= 0.6 is 0 Å². The molecule has 1 aromatic carbocycles. The van der Waals surface area contributed by atoms with E-state index in [2.05, 4.69) is 17.2 Å². The number of aromatic amines is 1. The zero-order valence-corrected chi connectivity index (χ0v) is 13.8. The Bertz CT molecular complexity index is 797. The summed E-state index contributed by atoms with van der Waals surface area (Å²) in [4.78, 5) is 26.7. The van der Waals surface area contributed by atoms with Gasteiger partial charge in [0, 0.05) is 30.0 Å². The predicted molar refractivity (Wildman–Crippen MR) is 91.8 cm³/mol. The van der Waals surface area contributed by atoms with Crippen LogP contribution in [0, 0.1) is 0 Å². The van der Waals surface area contributed by atoms with Crippen LogP contribution in [0.4, 0.5) is 0 Å². The van der Waals surface area contributed by atoms with E-state index >= 15 is 0 Å². The van der Waals surface area contributed by atoms with Crippen LogP contribution in [-0.2, 0) is 11.2 Å². The van der Waals surface area contributed by atoms with Crippen LogP contribution in [0.25, 0.3) is 10.9 Å². The highest BCUT2D eigenvalue weighted by molar-refractivity contribution is 5.83. The van der Waals surface area contributed by atoms with Crippen molar-refractivity contribution >= 4 is 16.8 Å². The summed E-state index contributed by atoms with van der Waals surface area (Å²) in [6, 6.07) is 5.52. The van der Waals surface area contributed by atoms with Crippen molar-refractivity contribution in [1.29, 1.82) is 0 Å². The maximum Gasteiger partial charge on any atom is 0.251 e. The van der Waals surface area contributed by atoms with E-state index in [1.54, 1.807) is 6.07 Å². The fraction of sp³-hybridized carbons (Fsp3) is 0.444. The minimum Gasteiger partial charge on any atom is -0.486 e. The van der Waals surface area contributed by atoms with Crippen molar-refractivity contribution in [2.24, 2.45) is 0 Å². The quantitative estimate of drug-likeness (QED) is 0.850. The Morgan fingerprint density at radius 1 is 1.21 bits per heavy atom. The highest BCUT2D eigenvalue weighted by Crippen LogP contribution is 2.33. The third kappa shape index (κ3) is 3.69. The van der Waals surface area contributed by atoms with Gasteiger partial charge in [0.2, 0.25) is 5.91 Å². The third-order valence-corrected chi connectivity index (χ3v) is 4.06. The molecule has 6 nitrogen and oxygen atoms in total. The van der Waals surface area contributed by atoms with Crippen molar-refractivity contribution in [1.82, 2.24) is 10.3 Å². The van der Waals surface area contributed by atoms with Crippen LogP contribution in [0.1, 0.15) is 31.7 Å². The molecule has 0 unspecified atom stereocenters. The average Bonchev–Trinajstić information content (AvgIpc) is 2.58. The minimum absolute atomic E-state index is 0.0358. The first-order chi connectivity index (χ1) is 11.7. The molecule has 2 N–H and O–H groups in total. The lowest BCUT2D eigenvalue weighted by Gasteiger charge is -2.18.